The van der Waals surface area contributed by atoms with Gasteiger partial charge < -0.3 is 0 Å². The minimum absolute atomic E-state index is 0.0273. The summed E-state index contributed by atoms with van der Waals surface area (Å²) in [7, 11) is 0. The number of hydrogen-bond donors (Lipinski definition) is 0. The first-order valence-electron chi connectivity index (χ1n) is 19.5. The van der Waals surface area contributed by atoms with Gasteiger partial charge in [-0.1, -0.05) is 111 Å². The minimum atomic E-state index is -0.0273. The lowest BCUT2D eigenvalue weighted by molar-refractivity contribution is 0.638. The van der Waals surface area contributed by atoms with Crippen LogP contribution in [-0.4, -0.2) is 0 Å². The van der Waals surface area contributed by atoms with Gasteiger partial charge >= 0.3 is 0 Å². The molecule has 0 aliphatic heterocycles. The Balaban J connectivity index is 1.03. The molecule has 0 aromatic heterocycles. The Hall–Kier alpha value is -4.33. The lowest BCUT2D eigenvalue weighted by atomic mass is 9.76. The van der Waals surface area contributed by atoms with Gasteiger partial charge in [-0.05, 0) is 201 Å². The number of rotatable bonds is 12. The van der Waals surface area contributed by atoms with Gasteiger partial charge in [0.25, 0.3) is 0 Å². The quantitative estimate of drug-likeness (QED) is 0.122. The van der Waals surface area contributed by atoms with Gasteiger partial charge in [-0.25, -0.2) is 0 Å². The molecule has 0 fully saturated rings. The summed E-state index contributed by atoms with van der Waals surface area (Å²) in [6, 6.07) is 42.0. The molecule has 0 aliphatic carbocycles. The topological polar surface area (TPSA) is 0 Å². The molecule has 0 atom stereocenters. The monoisotopic (exact) mass is 714 g/mol. The van der Waals surface area contributed by atoms with E-state index in [9.17, 15) is 0 Å². The zero-order chi connectivity index (χ0) is 37.9. The lowest BCUT2D eigenvalue weighted by Crippen LogP contribution is -2.19. The SMILES string of the molecule is Cc1ccc(Sc2ccc(CCc3ccc(Cc4ccc(CCc5ccc(C(C)(C)c6ccc(C)c(C)c6)cc5C)c(C)c4)cc3C)c(C)c2)cc1C. The maximum absolute atomic E-state index is 2.42. The van der Waals surface area contributed by atoms with Crippen molar-refractivity contribution in [3.8, 4) is 0 Å². The highest BCUT2D eigenvalue weighted by Gasteiger charge is 2.24. The van der Waals surface area contributed by atoms with Crippen LogP contribution in [0.3, 0.4) is 0 Å². The molecule has 0 saturated heterocycles. The van der Waals surface area contributed by atoms with Crippen molar-refractivity contribution in [3.63, 3.8) is 0 Å². The second-order valence-corrected chi connectivity index (χ2v) is 17.3. The molecule has 0 aliphatic rings. The van der Waals surface area contributed by atoms with E-state index < -0.39 is 0 Å². The molecule has 0 N–H and O–H groups in total. The molecule has 6 rings (SSSR count). The lowest BCUT2D eigenvalue weighted by Gasteiger charge is -2.28. The third-order valence-electron chi connectivity index (χ3n) is 11.9. The first-order chi connectivity index (χ1) is 25.3. The second-order valence-electron chi connectivity index (χ2n) is 16.2. The van der Waals surface area contributed by atoms with Crippen molar-refractivity contribution in [3.05, 3.63) is 198 Å². The Kier molecular flexibility index (Phi) is 11.9. The third kappa shape index (κ3) is 9.25. The van der Waals surface area contributed by atoms with Crippen LogP contribution >= 0.6 is 11.8 Å². The van der Waals surface area contributed by atoms with E-state index in [1.165, 1.54) is 98.8 Å². The maximum atomic E-state index is 2.42. The van der Waals surface area contributed by atoms with E-state index in [0.717, 1.165) is 32.1 Å². The molecular weight excluding hydrogens is 657 g/mol. The molecule has 1 heteroatoms. The number of benzene rings is 6. The zero-order valence-electron chi connectivity index (χ0n) is 33.8. The Labute approximate surface area is 325 Å². The molecule has 0 amide bonds. The molecule has 0 radical (unpaired) electrons. The first-order valence-corrected chi connectivity index (χ1v) is 20.3. The van der Waals surface area contributed by atoms with Crippen molar-refractivity contribution >= 4 is 11.8 Å². The summed E-state index contributed by atoms with van der Waals surface area (Å²) in [5.74, 6) is 0. The molecule has 0 unspecified atom stereocenters. The van der Waals surface area contributed by atoms with Gasteiger partial charge in [-0.15, -0.1) is 0 Å². The highest BCUT2D eigenvalue weighted by Crippen LogP contribution is 2.34. The molecule has 0 bridgehead atoms. The van der Waals surface area contributed by atoms with E-state index in [1.807, 2.05) is 11.8 Å². The highest BCUT2D eigenvalue weighted by molar-refractivity contribution is 7.99. The average Bonchev–Trinajstić information content (AvgIpc) is 3.11. The summed E-state index contributed by atoms with van der Waals surface area (Å²) in [5, 5.41) is 0. The smallest absolute Gasteiger partial charge is 0.0146 e. The van der Waals surface area contributed by atoms with Crippen molar-refractivity contribution in [1.82, 2.24) is 0 Å². The van der Waals surface area contributed by atoms with Crippen molar-refractivity contribution in [2.45, 2.75) is 117 Å². The molecule has 53 heavy (non-hydrogen) atoms. The van der Waals surface area contributed by atoms with Crippen LogP contribution in [0.25, 0.3) is 0 Å². The highest BCUT2D eigenvalue weighted by atomic mass is 32.2. The minimum Gasteiger partial charge on any atom is -0.0901 e. The van der Waals surface area contributed by atoms with Crippen molar-refractivity contribution < 1.29 is 0 Å². The predicted octanol–water partition coefficient (Wildman–Crippen LogP) is 13.8. The van der Waals surface area contributed by atoms with Crippen LogP contribution in [0.2, 0.25) is 0 Å². The Morgan fingerprint density at radius 1 is 0.358 bits per heavy atom. The molecule has 0 nitrogen and oxygen atoms in total. The van der Waals surface area contributed by atoms with E-state index in [0.29, 0.717) is 0 Å². The van der Waals surface area contributed by atoms with Gasteiger partial charge in [0.1, 0.15) is 0 Å². The van der Waals surface area contributed by atoms with E-state index in [2.05, 4.69) is 178 Å². The fourth-order valence-corrected chi connectivity index (χ4v) is 8.67. The van der Waals surface area contributed by atoms with Crippen LogP contribution in [0.15, 0.2) is 119 Å². The van der Waals surface area contributed by atoms with E-state index in [-0.39, 0.29) is 5.41 Å². The van der Waals surface area contributed by atoms with Crippen LogP contribution in [0.5, 0.6) is 0 Å². The third-order valence-corrected chi connectivity index (χ3v) is 12.8. The van der Waals surface area contributed by atoms with Crippen LogP contribution in [0.4, 0.5) is 0 Å². The van der Waals surface area contributed by atoms with E-state index in [4.69, 9.17) is 0 Å². The standard InChI is InChI=1S/C52H58S/c1-34-11-23-48(29-36(34)3)52(9,10)49-24-21-46(40(7)30-49)19-17-44-15-13-42(27-38(44)5)33-43-14-16-45(39(6)28-43)18-20-47-22-26-51(32-41(47)8)53-50-25-12-35(2)37(4)31-50/h11-16,21-32H,17-20,33H2,1-10H3. The van der Waals surface area contributed by atoms with E-state index in [1.54, 1.807) is 0 Å². The predicted molar refractivity (Wildman–Crippen MR) is 230 cm³/mol. The van der Waals surface area contributed by atoms with Crippen LogP contribution in [0.1, 0.15) is 103 Å². The van der Waals surface area contributed by atoms with Crippen LogP contribution in [0, 0.1) is 55.4 Å². The summed E-state index contributed by atoms with van der Waals surface area (Å²) in [5.41, 5.74) is 22.3. The first kappa shape index (κ1) is 38.4. The van der Waals surface area contributed by atoms with Crippen molar-refractivity contribution in [2.24, 2.45) is 0 Å². The number of hydrogen-bond acceptors (Lipinski definition) is 1. The molecular formula is C52H58S. The fraction of sp³-hybridized carbons (Fsp3) is 0.308. The second kappa shape index (κ2) is 16.4. The molecule has 0 heterocycles. The fourth-order valence-electron chi connectivity index (χ4n) is 7.66. The number of aryl methyl sites for hydroxylation is 12. The maximum Gasteiger partial charge on any atom is 0.0146 e. The van der Waals surface area contributed by atoms with Crippen molar-refractivity contribution in [2.75, 3.05) is 0 Å². The van der Waals surface area contributed by atoms with Gasteiger partial charge in [0.2, 0.25) is 0 Å². The van der Waals surface area contributed by atoms with Gasteiger partial charge in [0.15, 0.2) is 0 Å². The molecule has 272 valence electrons. The van der Waals surface area contributed by atoms with Gasteiger partial charge in [0.05, 0.1) is 0 Å². The van der Waals surface area contributed by atoms with E-state index >= 15 is 0 Å². The Bertz CT molecular complexity index is 2250. The van der Waals surface area contributed by atoms with Crippen molar-refractivity contribution in [1.29, 1.82) is 0 Å². The van der Waals surface area contributed by atoms with Gasteiger partial charge in [0, 0.05) is 15.2 Å². The summed E-state index contributed by atoms with van der Waals surface area (Å²) in [6.07, 6.45) is 5.23. The van der Waals surface area contributed by atoms with Crippen LogP contribution < -0.4 is 0 Å². The normalized spacial score (nSPS) is 11.7. The van der Waals surface area contributed by atoms with Gasteiger partial charge in [-0.3, -0.25) is 0 Å². The molecule has 0 spiro atoms. The Morgan fingerprint density at radius 3 is 1.17 bits per heavy atom. The van der Waals surface area contributed by atoms with Gasteiger partial charge in [-0.2, -0.15) is 0 Å². The van der Waals surface area contributed by atoms with Crippen LogP contribution in [-0.2, 0) is 37.5 Å². The zero-order valence-corrected chi connectivity index (χ0v) is 34.7. The summed E-state index contributed by atoms with van der Waals surface area (Å²) >= 11 is 1.86. The average molecular weight is 715 g/mol. The Morgan fingerprint density at radius 2 is 0.717 bits per heavy atom. The summed E-state index contributed by atoms with van der Waals surface area (Å²) < 4.78 is 0. The largest absolute Gasteiger partial charge is 0.0901 e. The summed E-state index contributed by atoms with van der Waals surface area (Å²) in [4.78, 5) is 2.62. The molecule has 0 saturated carbocycles. The summed E-state index contributed by atoms with van der Waals surface area (Å²) in [6.45, 7) is 22.6. The molecule has 6 aromatic rings. The molecule has 6 aromatic carbocycles.